The van der Waals surface area contributed by atoms with E-state index in [1.165, 1.54) is 14.4 Å². The molecule has 0 spiro atoms. The monoisotopic (exact) mass is 1230 g/mol. The fourth-order valence-corrected chi connectivity index (χ4v) is 15.7. The first-order chi connectivity index (χ1) is 41.9. The molecule has 86 heavy (non-hydrogen) atoms. The van der Waals surface area contributed by atoms with Crippen molar-refractivity contribution in [2.24, 2.45) is 0 Å². The number of aromatic nitrogens is 6. The number of fused-ring (bicyclic) bond motifs is 2. The third kappa shape index (κ3) is 13.0. The summed E-state index contributed by atoms with van der Waals surface area (Å²) in [7, 11) is -7.67. The second kappa shape index (κ2) is 26.3. The van der Waals surface area contributed by atoms with Gasteiger partial charge in [-0.3, -0.25) is 9.80 Å². The molecular weight excluding hydrogens is 1170 g/mol. The Morgan fingerprint density at radius 3 is 1.45 bits per heavy atom. The molecule has 0 radical (unpaired) electrons. The topological polar surface area (TPSA) is 202 Å². The summed E-state index contributed by atoms with van der Waals surface area (Å²) in [6.07, 6.45) is 14.7. The lowest BCUT2D eigenvalue weighted by atomic mass is 9.89. The van der Waals surface area contributed by atoms with Gasteiger partial charge in [0.1, 0.15) is 6.61 Å². The van der Waals surface area contributed by atoms with Crippen molar-refractivity contribution < 1.29 is 26.4 Å². The van der Waals surface area contributed by atoms with Crippen molar-refractivity contribution in [2.45, 2.75) is 91.9 Å². The minimum Gasteiger partial charge on any atom is -0.445 e. The zero-order valence-electron chi connectivity index (χ0n) is 47.5. The molecule has 22 heteroatoms. The van der Waals surface area contributed by atoms with Crippen molar-refractivity contribution in [3.63, 3.8) is 0 Å². The number of para-hydroxylation sites is 2. The molecule has 4 fully saturated rings. The predicted molar refractivity (Wildman–Crippen MR) is 338 cm³/mol. The van der Waals surface area contributed by atoms with Crippen LogP contribution in [0.5, 0.6) is 0 Å². The zero-order valence-corrected chi connectivity index (χ0v) is 50.6. The maximum Gasteiger partial charge on any atom is 0.410 e. The molecular formula is C64H68Cl2N12O6S2. The number of rotatable bonds is 14. The van der Waals surface area contributed by atoms with E-state index >= 15 is 0 Å². The smallest absolute Gasteiger partial charge is 0.410 e. The Kier molecular flexibility index (Phi) is 18.0. The van der Waals surface area contributed by atoms with Gasteiger partial charge in [-0.1, -0.05) is 126 Å². The van der Waals surface area contributed by atoms with Crippen LogP contribution in [0.25, 0.3) is 44.3 Å². The van der Waals surface area contributed by atoms with Crippen molar-refractivity contribution >= 4 is 83.0 Å². The lowest BCUT2D eigenvalue weighted by Crippen LogP contribution is -2.53. The minimum atomic E-state index is -3.86. The van der Waals surface area contributed by atoms with E-state index in [2.05, 4.69) is 35.7 Å². The molecule has 0 bridgehead atoms. The molecule has 4 atom stereocenters. The van der Waals surface area contributed by atoms with Crippen molar-refractivity contribution in [1.29, 1.82) is 0 Å². The SMILES string of the molecule is O=C(OCc1ccccc1)N1CCN(C2CCC[C@@H](Nc3ncc(Cl)c(-c4cn(S(=O)(=O)c5ccccc5)c5ccccc45)n3)C2)CC1.O=S(=O)(c1ccccc1)n1cc(-c2nc(N[C@@H]3CCCC(N4CCNCC4)C3)ncc2Cl)c2ccccc21. The van der Waals surface area contributed by atoms with Gasteiger partial charge in [0.25, 0.3) is 20.0 Å². The first-order valence-corrected chi connectivity index (χ1v) is 33.1. The van der Waals surface area contributed by atoms with E-state index in [4.69, 9.17) is 37.9 Å². The van der Waals surface area contributed by atoms with Crippen LogP contribution in [0.2, 0.25) is 10.0 Å². The number of halogens is 2. The quantitative estimate of drug-likeness (QED) is 0.0927. The number of amides is 1. The second-order valence-corrected chi connectivity index (χ2v) is 26.7. The van der Waals surface area contributed by atoms with E-state index in [0.29, 0.717) is 80.7 Å². The molecule has 5 aromatic carbocycles. The summed E-state index contributed by atoms with van der Waals surface area (Å²) in [4.78, 5) is 38.6. The molecule has 4 aromatic heterocycles. The highest BCUT2D eigenvalue weighted by atomic mass is 35.5. The Bertz CT molecular complexity index is 4050. The molecule has 3 N–H and O–H groups in total. The van der Waals surface area contributed by atoms with Crippen molar-refractivity contribution in [3.8, 4) is 22.5 Å². The number of nitrogens with one attached hydrogen (secondary N) is 3. The highest BCUT2D eigenvalue weighted by molar-refractivity contribution is 7.90. The molecule has 1 amide bonds. The number of hydrogen-bond donors (Lipinski definition) is 3. The van der Waals surface area contributed by atoms with E-state index in [1.807, 2.05) is 66.7 Å². The maximum atomic E-state index is 13.7. The second-order valence-electron chi connectivity index (χ2n) is 22.3. The maximum absolute atomic E-state index is 13.7. The first-order valence-electron chi connectivity index (χ1n) is 29.4. The van der Waals surface area contributed by atoms with Gasteiger partial charge in [-0.25, -0.2) is 49.5 Å². The van der Waals surface area contributed by atoms with Crippen molar-refractivity contribution in [1.82, 2.24) is 47.9 Å². The third-order valence-electron chi connectivity index (χ3n) is 16.9. The van der Waals surface area contributed by atoms with E-state index in [9.17, 15) is 21.6 Å². The number of benzene rings is 5. The Morgan fingerprint density at radius 1 is 0.547 bits per heavy atom. The van der Waals surface area contributed by atoms with Crippen LogP contribution >= 0.6 is 23.2 Å². The summed E-state index contributed by atoms with van der Waals surface area (Å²) in [5.41, 5.74) is 4.33. The number of ether oxygens (including phenoxy) is 1. The molecule has 13 rings (SSSR count). The predicted octanol–water partition coefficient (Wildman–Crippen LogP) is 11.3. The normalized spacial score (nSPS) is 19.8. The molecule has 6 heterocycles. The number of carbonyl (C=O) groups is 1. The van der Waals surface area contributed by atoms with E-state index in [1.54, 1.807) is 102 Å². The molecule has 2 saturated heterocycles. The van der Waals surface area contributed by atoms with Crippen LogP contribution in [0.15, 0.2) is 174 Å². The molecule has 446 valence electrons. The van der Waals surface area contributed by atoms with E-state index in [-0.39, 0.29) is 34.6 Å². The lowest BCUT2D eigenvalue weighted by Gasteiger charge is -2.42. The fourth-order valence-electron chi connectivity index (χ4n) is 12.5. The fraction of sp³-hybridized carbons (Fsp3) is 0.328. The highest BCUT2D eigenvalue weighted by Gasteiger charge is 2.33. The standard InChI is InChI=1S/C36H37ClN6O4S.C28H31ClN6O2S/c37-32-23-38-35(40-34(32)31-24-43(33-17-8-7-16-30(31)33)48(45,46)29-14-5-2-6-15-29)39-27-12-9-13-28(22-27)41-18-20-42(21-19-41)36(44)47-25-26-10-3-1-4-11-26;29-25-18-31-28(32-20-7-6-8-21(17-20)34-15-13-30-14-16-34)33-27(25)24-19-35(26-12-5-4-11-23(24)26)38(36,37)22-9-2-1-3-10-22/h1-8,10-11,14-17,23-24,27-28H,9,12-13,18-22,25H2,(H,38,39,40);1-5,9-12,18-21,30H,6-8,13-17H2,(H,31,32,33)/t27-,28?;20-,21?/m11/s1. The van der Waals surface area contributed by atoms with Crippen molar-refractivity contribution in [2.75, 3.05) is 63.0 Å². The highest BCUT2D eigenvalue weighted by Crippen LogP contribution is 2.39. The summed E-state index contributed by atoms with van der Waals surface area (Å²) < 4.78 is 62.6. The number of anilines is 2. The van der Waals surface area contributed by atoms with Gasteiger partial charge in [0.05, 0.1) is 54.7 Å². The largest absolute Gasteiger partial charge is 0.445 e. The van der Waals surface area contributed by atoms with Crippen LogP contribution < -0.4 is 16.0 Å². The molecule has 2 aliphatic heterocycles. The van der Waals surface area contributed by atoms with Crippen molar-refractivity contribution in [3.05, 3.63) is 180 Å². The van der Waals surface area contributed by atoms with Gasteiger partial charge >= 0.3 is 6.09 Å². The molecule has 9 aromatic rings. The summed E-state index contributed by atoms with van der Waals surface area (Å²) in [6.45, 7) is 7.43. The Labute approximate surface area is 511 Å². The molecule has 2 saturated carbocycles. The van der Waals surface area contributed by atoms with Crippen LogP contribution in [0, 0.1) is 0 Å². The van der Waals surface area contributed by atoms with Crippen LogP contribution in [-0.2, 0) is 31.4 Å². The van der Waals surface area contributed by atoms with Crippen LogP contribution in [-0.4, -0.2) is 142 Å². The van der Waals surface area contributed by atoms with Gasteiger partial charge in [-0.2, -0.15) is 0 Å². The third-order valence-corrected chi connectivity index (χ3v) is 20.8. The van der Waals surface area contributed by atoms with E-state index in [0.717, 1.165) is 101 Å². The van der Waals surface area contributed by atoms with E-state index < -0.39 is 20.0 Å². The zero-order chi connectivity index (χ0) is 59.2. The van der Waals surface area contributed by atoms with Gasteiger partial charge in [0.2, 0.25) is 11.9 Å². The van der Waals surface area contributed by atoms with Gasteiger partial charge < -0.3 is 25.6 Å². The molecule has 18 nitrogen and oxygen atoms in total. The molecule has 4 aliphatic rings. The summed E-state index contributed by atoms with van der Waals surface area (Å²) in [5.74, 6) is 0.965. The first kappa shape index (κ1) is 58.9. The summed E-state index contributed by atoms with van der Waals surface area (Å²) in [6, 6.07) is 42.7. The van der Waals surface area contributed by atoms with Gasteiger partial charge in [0.15, 0.2) is 0 Å². The number of carbonyl (C=O) groups excluding carboxylic acids is 1. The number of piperazine rings is 2. The lowest BCUT2D eigenvalue weighted by molar-refractivity contribution is 0.0518. The van der Waals surface area contributed by atoms with Gasteiger partial charge in [-0.15, -0.1) is 0 Å². The molecule has 2 aliphatic carbocycles. The summed E-state index contributed by atoms with van der Waals surface area (Å²) >= 11 is 13.3. The Morgan fingerprint density at radius 2 is 0.977 bits per heavy atom. The Hall–Kier alpha value is -7.43. The van der Waals surface area contributed by atoms with Crippen LogP contribution in [0.4, 0.5) is 16.7 Å². The number of nitrogens with zero attached hydrogens (tertiary/aromatic N) is 9. The number of hydrogen-bond acceptors (Lipinski definition) is 15. The van der Waals surface area contributed by atoms with Gasteiger partial charge in [0, 0.05) is 111 Å². The van der Waals surface area contributed by atoms with Gasteiger partial charge in [-0.05, 0) is 93.3 Å². The Balaban J connectivity index is 0.000000173. The van der Waals surface area contributed by atoms with Crippen LogP contribution in [0.3, 0.4) is 0 Å². The molecule has 2 unspecified atom stereocenters. The summed E-state index contributed by atoms with van der Waals surface area (Å²) in [5, 5.41) is 12.7. The average Bonchev–Trinajstić information content (AvgIpc) is 2.12. The van der Waals surface area contributed by atoms with Crippen LogP contribution in [0.1, 0.15) is 56.9 Å². The average molecular weight is 1240 g/mol. The minimum absolute atomic E-state index is 0.159.